The zero-order valence-corrected chi connectivity index (χ0v) is 9.35. The van der Waals surface area contributed by atoms with Crippen LogP contribution in [0.3, 0.4) is 0 Å². The molecule has 1 aliphatic carbocycles. The maximum atomic E-state index is 11.3. The molecule has 0 aromatic rings. The van der Waals surface area contributed by atoms with Crippen molar-refractivity contribution in [2.24, 2.45) is 17.1 Å². The van der Waals surface area contributed by atoms with E-state index in [4.69, 9.17) is 5.73 Å². The molecule has 3 nitrogen and oxygen atoms in total. The molecule has 0 aromatic carbocycles. The van der Waals surface area contributed by atoms with Gasteiger partial charge in [0.25, 0.3) is 0 Å². The second-order valence-corrected chi connectivity index (χ2v) is 6.98. The van der Waals surface area contributed by atoms with Crippen LogP contribution in [0.2, 0.25) is 0 Å². The highest BCUT2D eigenvalue weighted by Gasteiger charge is 2.52. The van der Waals surface area contributed by atoms with Crippen molar-refractivity contribution >= 4 is 9.84 Å². The van der Waals surface area contributed by atoms with Gasteiger partial charge in [-0.05, 0) is 31.7 Å². The van der Waals surface area contributed by atoms with E-state index in [1.807, 2.05) is 0 Å². The van der Waals surface area contributed by atoms with E-state index >= 15 is 0 Å². The lowest BCUT2D eigenvalue weighted by Crippen LogP contribution is -2.53. The van der Waals surface area contributed by atoms with Gasteiger partial charge in [-0.1, -0.05) is 12.8 Å². The molecule has 82 valence electrons. The zero-order valence-electron chi connectivity index (χ0n) is 8.54. The third kappa shape index (κ3) is 1.70. The van der Waals surface area contributed by atoms with Crippen molar-refractivity contribution in [3.63, 3.8) is 0 Å². The molecule has 4 heteroatoms. The van der Waals surface area contributed by atoms with Crippen molar-refractivity contribution in [1.82, 2.24) is 0 Å². The standard InChI is InChI=1S/C10H19NO2S/c11-6-5-10(7-14(12,13)8-10)9-3-1-2-4-9/h9H,1-8,11H2. The Balaban J connectivity index is 2.08. The van der Waals surface area contributed by atoms with Crippen LogP contribution < -0.4 is 5.73 Å². The molecular formula is C10H19NO2S. The van der Waals surface area contributed by atoms with Gasteiger partial charge in [0.05, 0.1) is 11.5 Å². The maximum Gasteiger partial charge on any atom is 0.151 e. The van der Waals surface area contributed by atoms with Gasteiger partial charge in [-0.15, -0.1) is 0 Å². The lowest BCUT2D eigenvalue weighted by Gasteiger charge is -2.45. The lowest BCUT2D eigenvalue weighted by molar-refractivity contribution is 0.187. The molecule has 0 bridgehead atoms. The van der Waals surface area contributed by atoms with Crippen LogP contribution in [0.1, 0.15) is 32.1 Å². The van der Waals surface area contributed by atoms with Crippen molar-refractivity contribution in [2.45, 2.75) is 32.1 Å². The van der Waals surface area contributed by atoms with E-state index in [1.165, 1.54) is 25.7 Å². The molecule has 0 radical (unpaired) electrons. The average Bonchev–Trinajstić information content (AvgIpc) is 2.52. The molecule has 0 spiro atoms. The quantitative estimate of drug-likeness (QED) is 0.765. The van der Waals surface area contributed by atoms with Crippen LogP contribution in [-0.2, 0) is 9.84 Å². The number of sulfone groups is 1. The second-order valence-electron chi connectivity index (χ2n) is 4.91. The van der Waals surface area contributed by atoms with Crippen molar-refractivity contribution in [1.29, 1.82) is 0 Å². The molecule has 0 unspecified atom stereocenters. The molecule has 0 aromatic heterocycles. The minimum atomic E-state index is -2.70. The predicted octanol–water partition coefficient (Wildman–Crippen LogP) is 0.940. The fraction of sp³-hybridized carbons (Fsp3) is 1.00. The van der Waals surface area contributed by atoms with Crippen molar-refractivity contribution in [2.75, 3.05) is 18.1 Å². The van der Waals surface area contributed by atoms with Gasteiger partial charge in [-0.2, -0.15) is 0 Å². The Morgan fingerprint density at radius 1 is 1.21 bits per heavy atom. The summed E-state index contributed by atoms with van der Waals surface area (Å²) in [5.41, 5.74) is 5.66. The van der Waals surface area contributed by atoms with Crippen molar-refractivity contribution in [3.8, 4) is 0 Å². The first-order valence-electron chi connectivity index (χ1n) is 5.48. The molecule has 1 heterocycles. The monoisotopic (exact) mass is 217 g/mol. The van der Waals surface area contributed by atoms with Crippen LogP contribution in [0, 0.1) is 11.3 Å². The summed E-state index contributed by atoms with van der Waals surface area (Å²) in [5, 5.41) is 0. The zero-order chi connectivity index (χ0) is 10.2. The van der Waals surface area contributed by atoms with Gasteiger partial charge in [-0.3, -0.25) is 0 Å². The fourth-order valence-corrected chi connectivity index (χ4v) is 5.67. The highest BCUT2D eigenvalue weighted by Crippen LogP contribution is 2.49. The molecule has 14 heavy (non-hydrogen) atoms. The first-order valence-corrected chi connectivity index (χ1v) is 7.31. The fourth-order valence-electron chi connectivity index (χ4n) is 3.24. The summed E-state index contributed by atoms with van der Waals surface area (Å²) < 4.78 is 22.6. The van der Waals surface area contributed by atoms with Crippen LogP contribution in [0.5, 0.6) is 0 Å². The van der Waals surface area contributed by atoms with Gasteiger partial charge in [0.2, 0.25) is 0 Å². The van der Waals surface area contributed by atoms with Crippen LogP contribution in [0.25, 0.3) is 0 Å². The Kier molecular flexibility index (Phi) is 2.60. The van der Waals surface area contributed by atoms with Crippen LogP contribution >= 0.6 is 0 Å². The third-order valence-corrected chi connectivity index (χ3v) is 5.91. The van der Waals surface area contributed by atoms with E-state index in [-0.39, 0.29) is 5.41 Å². The second kappa shape index (κ2) is 3.49. The van der Waals surface area contributed by atoms with E-state index in [0.717, 1.165) is 6.42 Å². The normalized spacial score (nSPS) is 30.1. The van der Waals surface area contributed by atoms with Crippen LogP contribution in [0.15, 0.2) is 0 Å². The Morgan fingerprint density at radius 3 is 2.21 bits per heavy atom. The van der Waals surface area contributed by atoms with Gasteiger partial charge in [0.15, 0.2) is 9.84 Å². The Labute approximate surface area is 86.0 Å². The SMILES string of the molecule is NCCC1(C2CCCC2)CS(=O)(=O)C1. The number of hydrogen-bond acceptors (Lipinski definition) is 3. The molecule has 2 aliphatic rings. The van der Waals surface area contributed by atoms with E-state index in [9.17, 15) is 8.42 Å². The van der Waals surface area contributed by atoms with Crippen LogP contribution in [-0.4, -0.2) is 26.5 Å². The number of hydrogen-bond donors (Lipinski definition) is 1. The predicted molar refractivity (Wildman–Crippen MR) is 56.7 cm³/mol. The molecule has 2 fully saturated rings. The molecule has 0 atom stereocenters. The van der Waals surface area contributed by atoms with Gasteiger partial charge in [-0.25, -0.2) is 8.42 Å². The van der Waals surface area contributed by atoms with E-state index in [1.54, 1.807) is 0 Å². The highest BCUT2D eigenvalue weighted by molar-refractivity contribution is 7.92. The number of nitrogens with two attached hydrogens (primary N) is 1. The summed E-state index contributed by atoms with van der Waals surface area (Å²) in [7, 11) is -2.70. The molecule has 1 aliphatic heterocycles. The highest BCUT2D eigenvalue weighted by atomic mass is 32.2. The average molecular weight is 217 g/mol. The molecule has 2 rings (SSSR count). The Hall–Kier alpha value is -0.0900. The van der Waals surface area contributed by atoms with E-state index < -0.39 is 9.84 Å². The number of rotatable bonds is 3. The first kappa shape index (κ1) is 10.4. The molecular weight excluding hydrogens is 198 g/mol. The summed E-state index contributed by atoms with van der Waals surface area (Å²) in [5.74, 6) is 1.44. The van der Waals surface area contributed by atoms with Crippen LogP contribution in [0.4, 0.5) is 0 Å². The maximum absolute atomic E-state index is 11.3. The Morgan fingerprint density at radius 2 is 1.79 bits per heavy atom. The summed E-state index contributed by atoms with van der Waals surface area (Å²) in [6, 6.07) is 0. The molecule has 0 amide bonds. The topological polar surface area (TPSA) is 60.2 Å². The van der Waals surface area contributed by atoms with Gasteiger partial charge >= 0.3 is 0 Å². The van der Waals surface area contributed by atoms with Gasteiger partial charge < -0.3 is 5.73 Å². The molecule has 1 saturated carbocycles. The summed E-state index contributed by atoms with van der Waals surface area (Å²) in [4.78, 5) is 0. The molecule has 2 N–H and O–H groups in total. The van der Waals surface area contributed by atoms with Crippen molar-refractivity contribution < 1.29 is 8.42 Å². The van der Waals surface area contributed by atoms with Gasteiger partial charge in [0.1, 0.15) is 0 Å². The lowest BCUT2D eigenvalue weighted by atomic mass is 9.74. The summed E-state index contributed by atoms with van der Waals surface area (Å²) in [6.07, 6.45) is 5.88. The largest absolute Gasteiger partial charge is 0.330 e. The van der Waals surface area contributed by atoms with E-state index in [2.05, 4.69) is 0 Å². The summed E-state index contributed by atoms with van der Waals surface area (Å²) in [6.45, 7) is 0.631. The minimum absolute atomic E-state index is 0.0735. The first-order chi connectivity index (χ1) is 6.58. The third-order valence-electron chi connectivity index (χ3n) is 3.88. The molecule has 1 saturated heterocycles. The minimum Gasteiger partial charge on any atom is -0.330 e. The van der Waals surface area contributed by atoms with E-state index in [0.29, 0.717) is 24.0 Å². The van der Waals surface area contributed by atoms with Gasteiger partial charge in [0, 0.05) is 5.41 Å². The smallest absolute Gasteiger partial charge is 0.151 e. The Bertz CT molecular complexity index is 292. The van der Waals surface area contributed by atoms with Crippen molar-refractivity contribution in [3.05, 3.63) is 0 Å². The summed E-state index contributed by atoms with van der Waals surface area (Å²) >= 11 is 0.